The third-order valence-corrected chi connectivity index (χ3v) is 5.89. The standard InChI is InChI=1S/C14H26N4O2S/c1-5-18(9-12-6-7-12)21(19,20)14-11(4)16-17-13(14)8-15-10(2)3/h10,12,15H,5-9H2,1-4H3,(H,16,17). The first kappa shape index (κ1) is 16.5. The Morgan fingerprint density at radius 2 is 2.10 bits per heavy atom. The smallest absolute Gasteiger partial charge is 0.246 e. The molecule has 2 N–H and O–H groups in total. The topological polar surface area (TPSA) is 78.1 Å². The van der Waals surface area contributed by atoms with Gasteiger partial charge >= 0.3 is 0 Å². The number of rotatable bonds is 8. The summed E-state index contributed by atoms with van der Waals surface area (Å²) in [5, 5.41) is 10.2. The molecule has 1 aliphatic carbocycles. The molecule has 7 heteroatoms. The maximum atomic E-state index is 12.9. The van der Waals surface area contributed by atoms with Crippen molar-refractivity contribution < 1.29 is 8.42 Å². The van der Waals surface area contributed by atoms with Crippen LogP contribution in [0.3, 0.4) is 0 Å². The van der Waals surface area contributed by atoms with Crippen LogP contribution in [0.2, 0.25) is 0 Å². The molecule has 0 aliphatic heterocycles. The first-order chi connectivity index (χ1) is 9.86. The Balaban J connectivity index is 2.26. The van der Waals surface area contributed by atoms with Crippen LogP contribution >= 0.6 is 0 Å². The zero-order valence-corrected chi connectivity index (χ0v) is 14.1. The summed E-state index contributed by atoms with van der Waals surface area (Å²) in [7, 11) is -3.47. The van der Waals surface area contributed by atoms with Crippen molar-refractivity contribution in [2.45, 2.75) is 58.0 Å². The van der Waals surface area contributed by atoms with E-state index >= 15 is 0 Å². The van der Waals surface area contributed by atoms with Crippen LogP contribution in [0, 0.1) is 12.8 Å². The lowest BCUT2D eigenvalue weighted by Gasteiger charge is -2.21. The molecular weight excluding hydrogens is 288 g/mol. The summed E-state index contributed by atoms with van der Waals surface area (Å²) in [6.07, 6.45) is 2.27. The van der Waals surface area contributed by atoms with Gasteiger partial charge in [-0.3, -0.25) is 5.10 Å². The second kappa shape index (κ2) is 6.46. The van der Waals surface area contributed by atoms with E-state index in [9.17, 15) is 8.42 Å². The van der Waals surface area contributed by atoms with Crippen molar-refractivity contribution in [2.75, 3.05) is 13.1 Å². The molecule has 1 heterocycles. The van der Waals surface area contributed by atoms with Crippen LogP contribution in [-0.2, 0) is 16.6 Å². The summed E-state index contributed by atoms with van der Waals surface area (Å²) in [6.45, 7) is 9.29. The molecule has 1 fully saturated rings. The predicted octanol–water partition coefficient (Wildman–Crippen LogP) is 1.64. The van der Waals surface area contributed by atoms with Crippen LogP contribution in [0.25, 0.3) is 0 Å². The Bertz CT molecular complexity index is 576. The third kappa shape index (κ3) is 3.84. The van der Waals surface area contributed by atoms with Gasteiger partial charge in [-0.2, -0.15) is 9.40 Å². The van der Waals surface area contributed by atoms with Crippen LogP contribution in [-0.4, -0.2) is 42.1 Å². The largest absolute Gasteiger partial charge is 0.309 e. The minimum atomic E-state index is -3.47. The molecular formula is C14H26N4O2S. The minimum Gasteiger partial charge on any atom is -0.309 e. The zero-order chi connectivity index (χ0) is 15.6. The maximum absolute atomic E-state index is 12.9. The number of aromatic nitrogens is 2. The fraction of sp³-hybridized carbons (Fsp3) is 0.786. The van der Waals surface area contributed by atoms with Gasteiger partial charge in [-0.05, 0) is 25.7 Å². The molecule has 0 spiro atoms. The molecule has 1 saturated carbocycles. The van der Waals surface area contributed by atoms with E-state index in [1.54, 1.807) is 11.2 Å². The fourth-order valence-corrected chi connectivity index (χ4v) is 4.20. The number of sulfonamides is 1. The number of H-pyrrole nitrogens is 1. The average Bonchev–Trinajstić information content (AvgIpc) is 3.15. The molecule has 6 nitrogen and oxygen atoms in total. The maximum Gasteiger partial charge on any atom is 0.246 e. The van der Waals surface area contributed by atoms with E-state index in [-0.39, 0.29) is 6.04 Å². The average molecular weight is 314 g/mol. The highest BCUT2D eigenvalue weighted by atomic mass is 32.2. The number of aryl methyl sites for hydroxylation is 1. The Hall–Kier alpha value is -0.920. The number of hydrogen-bond donors (Lipinski definition) is 2. The molecule has 1 aromatic heterocycles. The van der Waals surface area contributed by atoms with Crippen molar-refractivity contribution >= 4 is 10.0 Å². The lowest BCUT2D eigenvalue weighted by atomic mass is 10.3. The van der Waals surface area contributed by atoms with Gasteiger partial charge in [0.2, 0.25) is 10.0 Å². The molecule has 0 atom stereocenters. The van der Waals surface area contributed by atoms with Gasteiger partial charge in [0.05, 0.1) is 11.4 Å². The molecule has 1 aliphatic rings. The van der Waals surface area contributed by atoms with Crippen molar-refractivity contribution in [1.82, 2.24) is 19.8 Å². The van der Waals surface area contributed by atoms with Crippen LogP contribution in [0.5, 0.6) is 0 Å². The Kier molecular flexibility index (Phi) is 5.06. The first-order valence-corrected chi connectivity index (χ1v) is 9.07. The van der Waals surface area contributed by atoms with Crippen LogP contribution in [0.4, 0.5) is 0 Å². The van der Waals surface area contributed by atoms with E-state index < -0.39 is 10.0 Å². The highest BCUT2D eigenvalue weighted by Gasteiger charge is 2.34. The second-order valence-corrected chi connectivity index (χ2v) is 7.93. The summed E-state index contributed by atoms with van der Waals surface area (Å²) in [4.78, 5) is 0.346. The van der Waals surface area contributed by atoms with E-state index in [1.807, 2.05) is 20.8 Å². The monoisotopic (exact) mass is 314 g/mol. The van der Waals surface area contributed by atoms with E-state index in [0.29, 0.717) is 41.8 Å². The van der Waals surface area contributed by atoms with Gasteiger partial charge in [-0.15, -0.1) is 0 Å². The van der Waals surface area contributed by atoms with Crippen molar-refractivity contribution in [3.05, 3.63) is 11.4 Å². The van der Waals surface area contributed by atoms with Crippen molar-refractivity contribution in [3.8, 4) is 0 Å². The highest BCUT2D eigenvalue weighted by molar-refractivity contribution is 7.89. The lowest BCUT2D eigenvalue weighted by Crippen LogP contribution is -2.34. The van der Waals surface area contributed by atoms with Crippen LogP contribution in [0.1, 0.15) is 45.0 Å². The van der Waals surface area contributed by atoms with Gasteiger partial charge in [0.1, 0.15) is 4.90 Å². The summed E-state index contributed by atoms with van der Waals surface area (Å²) in [6, 6.07) is 0.284. The number of aromatic amines is 1. The van der Waals surface area contributed by atoms with Gasteiger partial charge in [0, 0.05) is 25.7 Å². The summed E-state index contributed by atoms with van der Waals surface area (Å²) < 4.78 is 27.4. The van der Waals surface area contributed by atoms with Gasteiger partial charge in [-0.1, -0.05) is 20.8 Å². The second-order valence-electron chi connectivity index (χ2n) is 6.06. The lowest BCUT2D eigenvalue weighted by molar-refractivity contribution is 0.411. The number of nitrogens with zero attached hydrogens (tertiary/aromatic N) is 2. The van der Waals surface area contributed by atoms with E-state index in [1.165, 1.54) is 0 Å². The summed E-state index contributed by atoms with van der Waals surface area (Å²) in [5.41, 5.74) is 1.19. The molecule has 0 radical (unpaired) electrons. The zero-order valence-electron chi connectivity index (χ0n) is 13.3. The van der Waals surface area contributed by atoms with Crippen molar-refractivity contribution in [1.29, 1.82) is 0 Å². The summed E-state index contributed by atoms with van der Waals surface area (Å²) in [5.74, 6) is 0.532. The molecule has 0 bridgehead atoms. The molecule has 1 aromatic rings. The quantitative estimate of drug-likeness (QED) is 0.764. The summed E-state index contributed by atoms with van der Waals surface area (Å²) >= 11 is 0. The number of hydrogen-bond acceptors (Lipinski definition) is 4. The SMILES string of the molecule is CCN(CC1CC1)S(=O)(=O)c1c(CNC(C)C)n[nH]c1C. The normalized spacial score (nSPS) is 16.1. The van der Waals surface area contributed by atoms with E-state index in [0.717, 1.165) is 12.8 Å². The third-order valence-electron chi connectivity index (χ3n) is 3.75. The fourth-order valence-electron chi connectivity index (χ4n) is 2.35. The van der Waals surface area contributed by atoms with E-state index in [2.05, 4.69) is 15.5 Å². The van der Waals surface area contributed by atoms with Crippen LogP contribution in [0.15, 0.2) is 4.90 Å². The minimum absolute atomic E-state index is 0.284. The van der Waals surface area contributed by atoms with Gasteiger partial charge < -0.3 is 5.32 Å². The molecule has 0 saturated heterocycles. The molecule has 0 amide bonds. The molecule has 2 rings (SSSR count). The number of nitrogens with one attached hydrogen (secondary N) is 2. The van der Waals surface area contributed by atoms with Crippen molar-refractivity contribution in [2.24, 2.45) is 5.92 Å². The Morgan fingerprint density at radius 3 is 2.62 bits per heavy atom. The van der Waals surface area contributed by atoms with E-state index in [4.69, 9.17) is 0 Å². The Morgan fingerprint density at radius 1 is 1.43 bits per heavy atom. The van der Waals surface area contributed by atoms with Crippen LogP contribution < -0.4 is 5.32 Å². The highest BCUT2D eigenvalue weighted by Crippen LogP contribution is 2.32. The molecule has 21 heavy (non-hydrogen) atoms. The van der Waals surface area contributed by atoms with Gasteiger partial charge in [-0.25, -0.2) is 8.42 Å². The molecule has 0 aromatic carbocycles. The molecule has 120 valence electrons. The Labute approximate surface area is 127 Å². The van der Waals surface area contributed by atoms with Gasteiger partial charge in [0.15, 0.2) is 0 Å². The molecule has 0 unspecified atom stereocenters. The first-order valence-electron chi connectivity index (χ1n) is 7.63. The van der Waals surface area contributed by atoms with Crippen molar-refractivity contribution in [3.63, 3.8) is 0 Å². The van der Waals surface area contributed by atoms with Gasteiger partial charge in [0.25, 0.3) is 0 Å². The predicted molar refractivity (Wildman–Crippen MR) is 82.5 cm³/mol.